The van der Waals surface area contributed by atoms with Crippen molar-refractivity contribution in [2.75, 3.05) is 26.2 Å². The summed E-state index contributed by atoms with van der Waals surface area (Å²) >= 11 is 0. The number of aryl methyl sites for hydroxylation is 3. The van der Waals surface area contributed by atoms with Crippen LogP contribution in [0.25, 0.3) is 0 Å². The molecule has 1 fully saturated rings. The van der Waals surface area contributed by atoms with Gasteiger partial charge in [-0.2, -0.15) is 0 Å². The van der Waals surface area contributed by atoms with Crippen LogP contribution in [-0.4, -0.2) is 41.9 Å². The Balaban J connectivity index is 1.28. The summed E-state index contributed by atoms with van der Waals surface area (Å²) in [4.78, 5) is 17.1. The third-order valence-corrected chi connectivity index (χ3v) is 5.64. The highest BCUT2D eigenvalue weighted by atomic mass is 16.5. The summed E-state index contributed by atoms with van der Waals surface area (Å²) in [5.74, 6) is 1.80. The molecule has 1 aliphatic rings. The monoisotopic (exact) mass is 418 g/mol. The number of amides is 1. The van der Waals surface area contributed by atoms with Crippen molar-refractivity contribution in [2.24, 2.45) is 0 Å². The van der Waals surface area contributed by atoms with Crippen molar-refractivity contribution in [2.45, 2.75) is 33.9 Å². The van der Waals surface area contributed by atoms with Gasteiger partial charge in [-0.05, 0) is 61.7 Å². The molecule has 1 aromatic heterocycles. The van der Waals surface area contributed by atoms with Gasteiger partial charge in [-0.1, -0.05) is 35.9 Å². The van der Waals surface area contributed by atoms with Crippen molar-refractivity contribution in [3.05, 3.63) is 88.4 Å². The Morgan fingerprint density at radius 1 is 0.871 bits per heavy atom. The largest absolute Gasteiger partial charge is 0.486 e. The Morgan fingerprint density at radius 2 is 1.55 bits per heavy atom. The highest BCUT2D eigenvalue weighted by Gasteiger charge is 2.24. The van der Waals surface area contributed by atoms with Crippen molar-refractivity contribution < 1.29 is 13.9 Å². The molecule has 0 atom stereocenters. The molecule has 0 bridgehead atoms. The standard InChI is InChI=1S/C26H30N2O3/c1-19-4-6-22(7-5-19)17-27-10-12-28(13-11-27)26(29)25-9-8-23(31-25)18-30-24-15-20(2)14-21(3)16-24/h4-9,14-16H,10-13,17-18H2,1-3H3. The van der Waals surface area contributed by atoms with E-state index in [1.165, 1.54) is 11.1 Å². The second-order valence-electron chi connectivity index (χ2n) is 8.43. The van der Waals surface area contributed by atoms with Gasteiger partial charge in [0.25, 0.3) is 5.91 Å². The highest BCUT2D eigenvalue weighted by Crippen LogP contribution is 2.19. The van der Waals surface area contributed by atoms with Gasteiger partial charge in [-0.15, -0.1) is 0 Å². The maximum atomic E-state index is 12.9. The average Bonchev–Trinajstić information content (AvgIpc) is 3.22. The molecule has 1 aliphatic heterocycles. The molecule has 0 unspecified atom stereocenters. The molecule has 5 nitrogen and oxygen atoms in total. The van der Waals surface area contributed by atoms with Crippen molar-refractivity contribution in [1.29, 1.82) is 0 Å². The Hall–Kier alpha value is -3.05. The molecule has 0 aliphatic carbocycles. The summed E-state index contributed by atoms with van der Waals surface area (Å²) in [6.07, 6.45) is 0. The van der Waals surface area contributed by atoms with E-state index in [2.05, 4.69) is 42.2 Å². The lowest BCUT2D eigenvalue weighted by Gasteiger charge is -2.34. The summed E-state index contributed by atoms with van der Waals surface area (Å²) in [6.45, 7) is 10.6. The molecule has 0 radical (unpaired) electrons. The molecule has 4 rings (SSSR count). The number of carbonyl (C=O) groups is 1. The molecule has 1 amide bonds. The minimum absolute atomic E-state index is 0.0485. The number of hydrogen-bond acceptors (Lipinski definition) is 4. The van der Waals surface area contributed by atoms with Gasteiger partial charge in [0.15, 0.2) is 5.76 Å². The number of rotatable bonds is 6. The summed E-state index contributed by atoms with van der Waals surface area (Å²) < 4.78 is 11.6. The summed E-state index contributed by atoms with van der Waals surface area (Å²) in [5, 5.41) is 0. The smallest absolute Gasteiger partial charge is 0.289 e. The van der Waals surface area contributed by atoms with E-state index in [0.29, 0.717) is 31.2 Å². The number of nitrogens with zero attached hydrogens (tertiary/aromatic N) is 2. The van der Waals surface area contributed by atoms with Gasteiger partial charge < -0.3 is 14.1 Å². The fraction of sp³-hybridized carbons (Fsp3) is 0.346. The minimum Gasteiger partial charge on any atom is -0.486 e. The summed E-state index contributed by atoms with van der Waals surface area (Å²) in [7, 11) is 0. The van der Waals surface area contributed by atoms with E-state index in [0.717, 1.165) is 36.5 Å². The Labute approximate surface area is 184 Å². The van der Waals surface area contributed by atoms with Crippen LogP contribution in [0.1, 0.15) is 38.6 Å². The number of benzene rings is 2. The number of ether oxygens (including phenoxy) is 1. The Kier molecular flexibility index (Phi) is 6.42. The molecule has 31 heavy (non-hydrogen) atoms. The van der Waals surface area contributed by atoms with Crippen LogP contribution in [0.3, 0.4) is 0 Å². The number of piperazine rings is 1. The number of furan rings is 1. The first kappa shape index (κ1) is 21.2. The van der Waals surface area contributed by atoms with Crippen LogP contribution in [-0.2, 0) is 13.2 Å². The molecular formula is C26H30N2O3. The SMILES string of the molecule is Cc1ccc(CN2CCN(C(=O)c3ccc(COc4cc(C)cc(C)c4)o3)CC2)cc1. The first-order chi connectivity index (χ1) is 15.0. The topological polar surface area (TPSA) is 45.9 Å². The van der Waals surface area contributed by atoms with Gasteiger partial charge in [-0.3, -0.25) is 9.69 Å². The normalized spacial score (nSPS) is 14.6. The zero-order valence-corrected chi connectivity index (χ0v) is 18.6. The van der Waals surface area contributed by atoms with Gasteiger partial charge in [0.1, 0.15) is 18.1 Å². The minimum atomic E-state index is -0.0485. The van der Waals surface area contributed by atoms with Crippen molar-refractivity contribution in [3.8, 4) is 5.75 Å². The van der Waals surface area contributed by atoms with E-state index in [4.69, 9.17) is 9.15 Å². The van der Waals surface area contributed by atoms with Crippen LogP contribution in [0.2, 0.25) is 0 Å². The lowest BCUT2D eigenvalue weighted by molar-refractivity contribution is 0.0594. The van der Waals surface area contributed by atoms with Gasteiger partial charge in [0.05, 0.1) is 0 Å². The fourth-order valence-electron chi connectivity index (χ4n) is 3.96. The van der Waals surface area contributed by atoms with Crippen molar-refractivity contribution in [3.63, 3.8) is 0 Å². The first-order valence-electron chi connectivity index (χ1n) is 10.8. The second-order valence-corrected chi connectivity index (χ2v) is 8.43. The molecule has 5 heteroatoms. The van der Waals surface area contributed by atoms with E-state index in [-0.39, 0.29) is 5.91 Å². The summed E-state index contributed by atoms with van der Waals surface area (Å²) in [5.41, 5.74) is 4.90. The molecule has 0 spiro atoms. The number of hydrogen-bond donors (Lipinski definition) is 0. The second kappa shape index (κ2) is 9.40. The molecule has 1 saturated heterocycles. The highest BCUT2D eigenvalue weighted by molar-refractivity contribution is 5.91. The Morgan fingerprint density at radius 3 is 2.23 bits per heavy atom. The first-order valence-corrected chi connectivity index (χ1v) is 10.8. The maximum Gasteiger partial charge on any atom is 0.289 e. The lowest BCUT2D eigenvalue weighted by Crippen LogP contribution is -2.48. The van der Waals surface area contributed by atoms with Crippen LogP contribution < -0.4 is 4.74 Å². The molecular weight excluding hydrogens is 388 g/mol. The lowest BCUT2D eigenvalue weighted by atomic mass is 10.1. The van der Waals surface area contributed by atoms with Crippen LogP contribution in [0, 0.1) is 20.8 Å². The molecule has 162 valence electrons. The van der Waals surface area contributed by atoms with Gasteiger partial charge in [0, 0.05) is 32.7 Å². The molecule has 0 N–H and O–H groups in total. The fourth-order valence-corrected chi connectivity index (χ4v) is 3.96. The number of carbonyl (C=O) groups excluding carboxylic acids is 1. The van der Waals surface area contributed by atoms with Gasteiger partial charge in [-0.25, -0.2) is 0 Å². The van der Waals surface area contributed by atoms with E-state index in [9.17, 15) is 4.79 Å². The molecule has 3 aromatic rings. The van der Waals surface area contributed by atoms with Crippen LogP contribution in [0.4, 0.5) is 0 Å². The predicted octanol–water partition coefficient (Wildman–Crippen LogP) is 4.74. The maximum absolute atomic E-state index is 12.9. The van der Waals surface area contributed by atoms with E-state index < -0.39 is 0 Å². The van der Waals surface area contributed by atoms with Crippen LogP contribution >= 0.6 is 0 Å². The summed E-state index contributed by atoms with van der Waals surface area (Å²) in [6, 6.07) is 18.3. The van der Waals surface area contributed by atoms with Crippen LogP contribution in [0.15, 0.2) is 59.0 Å². The van der Waals surface area contributed by atoms with Gasteiger partial charge >= 0.3 is 0 Å². The third kappa shape index (κ3) is 5.56. The van der Waals surface area contributed by atoms with E-state index in [1.807, 2.05) is 36.9 Å². The van der Waals surface area contributed by atoms with Crippen molar-refractivity contribution >= 4 is 5.91 Å². The molecule has 2 heterocycles. The van der Waals surface area contributed by atoms with E-state index in [1.54, 1.807) is 6.07 Å². The van der Waals surface area contributed by atoms with Crippen molar-refractivity contribution in [1.82, 2.24) is 9.80 Å². The molecule has 0 saturated carbocycles. The van der Waals surface area contributed by atoms with E-state index >= 15 is 0 Å². The Bertz CT molecular complexity index is 1010. The predicted molar refractivity (Wildman–Crippen MR) is 121 cm³/mol. The third-order valence-electron chi connectivity index (χ3n) is 5.64. The van der Waals surface area contributed by atoms with Crippen LogP contribution in [0.5, 0.6) is 5.75 Å². The average molecular weight is 419 g/mol. The quantitative estimate of drug-likeness (QED) is 0.580. The zero-order valence-electron chi connectivity index (χ0n) is 18.6. The van der Waals surface area contributed by atoms with Gasteiger partial charge in [0.2, 0.25) is 0 Å². The zero-order chi connectivity index (χ0) is 21.8. The molecule has 2 aromatic carbocycles.